The minimum atomic E-state index is -0.777. The predicted molar refractivity (Wildman–Crippen MR) is 357 cm³/mol. The lowest BCUT2D eigenvalue weighted by atomic mass is 10.0. The second-order valence-corrected chi connectivity index (χ2v) is 23.0. The van der Waals surface area contributed by atoms with Crippen LogP contribution in [0, 0.1) is 0 Å². The fourth-order valence-electron chi connectivity index (χ4n) is 9.88. The number of ether oxygens (including phenoxy) is 3. The van der Waals surface area contributed by atoms with Gasteiger partial charge in [-0.2, -0.15) is 0 Å². The molecular formula is C76H130O6. The molecule has 82 heavy (non-hydrogen) atoms. The van der Waals surface area contributed by atoms with Gasteiger partial charge in [-0.1, -0.05) is 323 Å². The van der Waals surface area contributed by atoms with E-state index in [1.807, 2.05) is 0 Å². The molecule has 6 nitrogen and oxygen atoms in total. The van der Waals surface area contributed by atoms with Crippen molar-refractivity contribution in [1.29, 1.82) is 0 Å². The molecule has 0 aromatic heterocycles. The van der Waals surface area contributed by atoms with Crippen LogP contribution in [0.3, 0.4) is 0 Å². The van der Waals surface area contributed by atoms with Crippen LogP contribution in [0.1, 0.15) is 335 Å². The van der Waals surface area contributed by atoms with Crippen LogP contribution in [-0.2, 0) is 28.6 Å². The minimum Gasteiger partial charge on any atom is -0.462 e. The third kappa shape index (κ3) is 66.9. The maximum atomic E-state index is 12.9. The normalized spacial score (nSPS) is 12.8. The monoisotopic (exact) mass is 1140 g/mol. The van der Waals surface area contributed by atoms with E-state index < -0.39 is 6.10 Å². The molecule has 0 radical (unpaired) electrons. The van der Waals surface area contributed by atoms with E-state index in [1.165, 1.54) is 180 Å². The van der Waals surface area contributed by atoms with Gasteiger partial charge in [-0.25, -0.2) is 0 Å². The van der Waals surface area contributed by atoms with Crippen LogP contribution in [0.5, 0.6) is 0 Å². The zero-order valence-corrected chi connectivity index (χ0v) is 54.0. The average molecular weight is 1140 g/mol. The quantitative estimate of drug-likeness (QED) is 0.0261. The summed E-state index contributed by atoms with van der Waals surface area (Å²) in [7, 11) is 0. The summed E-state index contributed by atoms with van der Waals surface area (Å²) in [5.41, 5.74) is 0. The molecule has 0 amide bonds. The zero-order valence-electron chi connectivity index (χ0n) is 54.0. The van der Waals surface area contributed by atoms with Crippen molar-refractivity contribution in [2.45, 2.75) is 341 Å². The Morgan fingerprint density at radius 3 is 0.744 bits per heavy atom. The Morgan fingerprint density at radius 2 is 0.476 bits per heavy atom. The van der Waals surface area contributed by atoms with Gasteiger partial charge in [0.15, 0.2) is 6.10 Å². The fraction of sp³-hybridized carbons (Fsp3) is 0.724. The van der Waals surface area contributed by atoms with E-state index >= 15 is 0 Å². The van der Waals surface area contributed by atoms with E-state index in [0.29, 0.717) is 19.3 Å². The number of hydrogen-bond donors (Lipinski definition) is 0. The second-order valence-electron chi connectivity index (χ2n) is 23.0. The Morgan fingerprint density at radius 1 is 0.256 bits per heavy atom. The van der Waals surface area contributed by atoms with Gasteiger partial charge < -0.3 is 14.2 Å². The van der Waals surface area contributed by atoms with Gasteiger partial charge in [-0.05, 0) is 103 Å². The topological polar surface area (TPSA) is 78.9 Å². The van der Waals surface area contributed by atoms with Gasteiger partial charge in [0.1, 0.15) is 13.2 Å². The van der Waals surface area contributed by atoms with Gasteiger partial charge in [-0.15, -0.1) is 0 Å². The van der Waals surface area contributed by atoms with E-state index in [0.717, 1.165) is 116 Å². The highest BCUT2D eigenvalue weighted by atomic mass is 16.6. The summed E-state index contributed by atoms with van der Waals surface area (Å²) in [5.74, 6) is -0.868. The Balaban J connectivity index is 4.12. The van der Waals surface area contributed by atoms with Crippen molar-refractivity contribution in [2.75, 3.05) is 13.2 Å². The van der Waals surface area contributed by atoms with E-state index in [9.17, 15) is 14.4 Å². The number of hydrogen-bond acceptors (Lipinski definition) is 6. The smallest absolute Gasteiger partial charge is 0.306 e. The molecule has 0 aromatic carbocycles. The third-order valence-electron chi connectivity index (χ3n) is 15.0. The molecule has 0 N–H and O–H groups in total. The van der Waals surface area contributed by atoms with Crippen LogP contribution >= 0.6 is 0 Å². The van der Waals surface area contributed by atoms with Crippen LogP contribution in [0.2, 0.25) is 0 Å². The lowest BCUT2D eigenvalue weighted by Gasteiger charge is -2.18. The van der Waals surface area contributed by atoms with Crippen LogP contribution in [0.15, 0.2) is 109 Å². The van der Waals surface area contributed by atoms with Crippen LogP contribution in [-0.4, -0.2) is 37.2 Å². The van der Waals surface area contributed by atoms with Crippen molar-refractivity contribution in [3.8, 4) is 0 Å². The third-order valence-corrected chi connectivity index (χ3v) is 15.0. The minimum absolute atomic E-state index is 0.0748. The highest BCUT2D eigenvalue weighted by molar-refractivity contribution is 5.71. The lowest BCUT2D eigenvalue weighted by molar-refractivity contribution is -0.167. The van der Waals surface area contributed by atoms with Crippen molar-refractivity contribution in [3.05, 3.63) is 109 Å². The van der Waals surface area contributed by atoms with Crippen molar-refractivity contribution in [1.82, 2.24) is 0 Å². The first kappa shape index (κ1) is 78.1. The largest absolute Gasteiger partial charge is 0.462 e. The molecule has 0 aliphatic carbocycles. The highest BCUT2D eigenvalue weighted by Gasteiger charge is 2.19. The van der Waals surface area contributed by atoms with E-state index in [1.54, 1.807) is 0 Å². The summed E-state index contributed by atoms with van der Waals surface area (Å²) in [6.45, 7) is 6.42. The number of unbranched alkanes of at least 4 members (excludes halogenated alkanes) is 34. The predicted octanol–water partition coefficient (Wildman–Crippen LogP) is 24.2. The van der Waals surface area contributed by atoms with E-state index in [-0.39, 0.29) is 31.1 Å². The Hall–Kier alpha value is -3.93. The molecule has 1 atom stereocenters. The summed E-state index contributed by atoms with van der Waals surface area (Å²) in [5, 5.41) is 0. The van der Waals surface area contributed by atoms with Crippen LogP contribution in [0.25, 0.3) is 0 Å². The highest BCUT2D eigenvalue weighted by Crippen LogP contribution is 2.17. The molecule has 0 bridgehead atoms. The standard InChI is InChI=1S/C76H130O6/c1-4-7-10-13-16-19-21-23-25-27-29-31-33-35-37-38-40-41-43-45-47-49-51-53-55-57-60-63-66-69-75(78)81-72-73(71-80-74(77)68-65-62-59-18-15-12-9-6-3)82-76(79)70-67-64-61-58-56-54-52-50-48-46-44-42-39-36-34-32-30-28-26-24-22-20-17-14-11-8-5-2/h7-8,10-11,16-17,19-20,23-26,29-32,35,37,73H,4-6,9,12-15,18,21-22,27-28,33-34,36,38-72H2,1-3H3/b10-7-,11-8-,19-16-,20-17-,25-23-,26-24-,31-29-,32-30-,37-35-. The molecule has 470 valence electrons. The summed E-state index contributed by atoms with van der Waals surface area (Å²) in [6.07, 6.45) is 95.6. The zero-order chi connectivity index (χ0) is 59.2. The Labute approximate surface area is 508 Å². The maximum Gasteiger partial charge on any atom is 0.306 e. The fourth-order valence-corrected chi connectivity index (χ4v) is 9.88. The molecule has 0 saturated heterocycles. The van der Waals surface area contributed by atoms with Crippen molar-refractivity contribution in [3.63, 3.8) is 0 Å². The van der Waals surface area contributed by atoms with Crippen LogP contribution in [0.4, 0.5) is 0 Å². The van der Waals surface area contributed by atoms with Crippen molar-refractivity contribution < 1.29 is 28.6 Å². The average Bonchev–Trinajstić information content (AvgIpc) is 3.47. The summed E-state index contributed by atoms with van der Waals surface area (Å²) in [4.78, 5) is 38.3. The first-order valence-corrected chi connectivity index (χ1v) is 34.9. The number of allylic oxidation sites excluding steroid dienone is 18. The van der Waals surface area contributed by atoms with Crippen molar-refractivity contribution in [2.24, 2.45) is 0 Å². The molecular weight excluding hydrogens is 1010 g/mol. The molecule has 0 spiro atoms. The molecule has 0 saturated carbocycles. The first-order chi connectivity index (χ1) is 40.5. The molecule has 0 aromatic rings. The molecule has 0 rings (SSSR count). The van der Waals surface area contributed by atoms with Gasteiger partial charge in [0.05, 0.1) is 0 Å². The van der Waals surface area contributed by atoms with Gasteiger partial charge in [-0.3, -0.25) is 14.4 Å². The van der Waals surface area contributed by atoms with Gasteiger partial charge >= 0.3 is 17.9 Å². The van der Waals surface area contributed by atoms with Gasteiger partial charge in [0.2, 0.25) is 0 Å². The molecule has 6 heteroatoms. The molecule has 0 fully saturated rings. The summed E-state index contributed by atoms with van der Waals surface area (Å²) < 4.78 is 16.9. The lowest BCUT2D eigenvalue weighted by Crippen LogP contribution is -2.30. The van der Waals surface area contributed by atoms with Gasteiger partial charge in [0, 0.05) is 19.3 Å². The van der Waals surface area contributed by atoms with E-state index in [2.05, 4.69) is 130 Å². The summed E-state index contributed by atoms with van der Waals surface area (Å²) >= 11 is 0. The maximum absolute atomic E-state index is 12.9. The first-order valence-electron chi connectivity index (χ1n) is 34.9. The molecule has 0 aliphatic rings. The Kier molecular flexibility index (Phi) is 66.2. The van der Waals surface area contributed by atoms with Gasteiger partial charge in [0.25, 0.3) is 0 Å². The van der Waals surface area contributed by atoms with Crippen LogP contribution < -0.4 is 0 Å². The molecule has 0 heterocycles. The number of rotatable bonds is 63. The molecule has 0 aliphatic heterocycles. The second kappa shape index (κ2) is 69.6. The van der Waals surface area contributed by atoms with Crippen molar-refractivity contribution >= 4 is 17.9 Å². The SMILES string of the molecule is CC/C=C\C/C=C\C/C=C\C/C=C\C/C=C\CCCCCCCCCCCCCCCC(=O)OCC(COC(=O)CCCCCCCCCC)OC(=O)CCCCCCCCCCCCCCCC/C=C\C/C=C\C/C=C\C/C=C\CC. The van der Waals surface area contributed by atoms with E-state index in [4.69, 9.17) is 14.2 Å². The Bertz CT molecular complexity index is 1640. The summed E-state index contributed by atoms with van der Waals surface area (Å²) in [6, 6.07) is 0. The number of esters is 3. The number of carbonyl (C=O) groups excluding carboxylic acids is 3. The molecule has 1 unspecified atom stereocenters. The number of carbonyl (C=O) groups is 3.